The van der Waals surface area contributed by atoms with E-state index in [4.69, 9.17) is 26.8 Å². The smallest absolute Gasteiger partial charge is 0.362 e. The van der Waals surface area contributed by atoms with Crippen molar-refractivity contribution in [3.63, 3.8) is 0 Å². The molecule has 3 unspecified atom stereocenters. The van der Waals surface area contributed by atoms with Crippen LogP contribution in [0, 0.1) is 0 Å². The molecule has 2 aromatic rings. The van der Waals surface area contributed by atoms with Gasteiger partial charge in [-0.15, -0.1) is 11.3 Å². The van der Waals surface area contributed by atoms with E-state index in [1.807, 2.05) is 11.0 Å². The number of nitrogens with zero attached hydrogens (tertiary/aromatic N) is 5. The van der Waals surface area contributed by atoms with Crippen LogP contribution >= 0.6 is 11.3 Å². The molecule has 0 bridgehead atoms. The zero-order valence-electron chi connectivity index (χ0n) is 24.0. The number of nitrogen functional groups attached to an aromatic ring is 1. The van der Waals surface area contributed by atoms with Gasteiger partial charge in [-0.25, -0.2) is 14.1 Å². The van der Waals surface area contributed by atoms with E-state index >= 15 is 0 Å². The molecule has 0 spiro atoms. The molecule has 1 saturated heterocycles. The van der Waals surface area contributed by atoms with Crippen LogP contribution in [0.1, 0.15) is 36.6 Å². The van der Waals surface area contributed by atoms with Crippen molar-refractivity contribution in [2.75, 3.05) is 25.4 Å². The van der Waals surface area contributed by atoms with Crippen molar-refractivity contribution >= 4 is 56.2 Å². The minimum absolute atomic E-state index is 0.0593. The van der Waals surface area contributed by atoms with Crippen LogP contribution in [-0.2, 0) is 42.6 Å². The Balaban J connectivity index is 1.41. The number of hydrogen-bond acceptors (Lipinski definition) is 13. The van der Waals surface area contributed by atoms with Gasteiger partial charge in [0.05, 0.1) is 6.04 Å². The van der Waals surface area contributed by atoms with Crippen molar-refractivity contribution < 1.29 is 42.0 Å². The van der Waals surface area contributed by atoms with Crippen LogP contribution in [0.25, 0.3) is 0 Å². The number of carboxylic acid groups (broad SMARTS) is 1. The number of fused-ring (bicyclic) bond motifs is 1. The van der Waals surface area contributed by atoms with Crippen LogP contribution in [0.3, 0.4) is 0 Å². The van der Waals surface area contributed by atoms with E-state index in [2.05, 4.69) is 20.4 Å². The number of rotatable bonds is 14. The zero-order chi connectivity index (χ0) is 32.9. The van der Waals surface area contributed by atoms with Gasteiger partial charge in [0.25, 0.3) is 17.9 Å². The summed E-state index contributed by atoms with van der Waals surface area (Å²) < 4.78 is 37.8. The molecule has 0 saturated carbocycles. The number of anilines is 1. The number of amides is 2. The lowest BCUT2D eigenvalue weighted by molar-refractivity contribution is -0.152. The van der Waals surface area contributed by atoms with Crippen molar-refractivity contribution in [1.29, 1.82) is 0 Å². The first-order valence-electron chi connectivity index (χ1n) is 13.6. The third-order valence-electron chi connectivity index (χ3n) is 6.91. The van der Waals surface area contributed by atoms with Crippen LogP contribution in [0.2, 0.25) is 0 Å². The Morgan fingerprint density at radius 2 is 2.00 bits per heavy atom. The average molecular weight is 668 g/mol. The minimum atomic E-state index is -4.82. The van der Waals surface area contributed by atoms with Gasteiger partial charge in [0.2, 0.25) is 0 Å². The van der Waals surface area contributed by atoms with Crippen molar-refractivity contribution in [3.05, 3.63) is 40.4 Å². The molecule has 2 aliphatic heterocycles. The molecule has 0 radical (unpaired) electrons. The lowest BCUT2D eigenvalue weighted by Gasteiger charge is -2.42. The van der Waals surface area contributed by atoms with E-state index in [0.717, 1.165) is 35.3 Å². The first-order valence-corrected chi connectivity index (χ1v) is 15.9. The number of unbranched alkanes of at least 4 members (excludes halogenated alkanes) is 1. The van der Waals surface area contributed by atoms with Crippen molar-refractivity contribution in [2.45, 2.75) is 51.0 Å². The van der Waals surface area contributed by atoms with E-state index in [9.17, 15) is 32.5 Å². The summed E-state index contributed by atoms with van der Waals surface area (Å²) in [6, 6.07) is 2.82. The number of carbonyl (C=O) groups is 3. The highest BCUT2D eigenvalue weighted by Gasteiger charge is 2.51. The van der Waals surface area contributed by atoms with Gasteiger partial charge in [-0.1, -0.05) is 11.2 Å². The second-order valence-corrected chi connectivity index (χ2v) is 12.3. The molecular formula is C25H33N9O9S2. The number of β-lactam (4-membered cyclic amide) rings is 1. The number of carboxylic acids is 1. The Labute approximate surface area is 261 Å². The number of oxime groups is 1. The summed E-state index contributed by atoms with van der Waals surface area (Å²) in [5.74, 6) is -2.79. The molecule has 45 heavy (non-hydrogen) atoms. The summed E-state index contributed by atoms with van der Waals surface area (Å²) in [6.07, 6.45) is 0.0211. The molecular weight excluding hydrogens is 634 g/mol. The van der Waals surface area contributed by atoms with Gasteiger partial charge in [-0.3, -0.25) is 19.1 Å². The standard InChI is InChI=1S/C25H33N9O9S2/c1-13-19(22(36)34(13)45(39,40)41)31-21(35)20(17-12-44-25(28)30-17)32-43-18(23(37)38)11-42-16-5-4-14-9-33(10-15(14)8-16)24(27)29-7-3-2-6-26/h4-5,8,12-13,18-19H,2-3,6-7,9-11,26H2,1H3,(H2,27,29)(H2,28,30)(H,31,35)(H,37,38)(H,39,40,41)/b32-20-. The number of guanidine groups is 1. The quantitative estimate of drug-likeness (QED) is 0.0347. The summed E-state index contributed by atoms with van der Waals surface area (Å²) in [5, 5.41) is 17.1. The predicted octanol–water partition coefficient (Wildman–Crippen LogP) is -1.13. The first kappa shape index (κ1) is 33.4. The molecule has 18 nitrogen and oxygen atoms in total. The largest absolute Gasteiger partial charge is 0.489 e. The van der Waals surface area contributed by atoms with Crippen LogP contribution in [0.5, 0.6) is 5.75 Å². The van der Waals surface area contributed by atoms with Crippen molar-refractivity contribution in [3.8, 4) is 5.75 Å². The average Bonchev–Trinajstić information content (AvgIpc) is 3.60. The molecule has 2 aliphatic rings. The molecule has 9 N–H and O–H groups in total. The molecule has 1 fully saturated rings. The number of thiazole rings is 1. The number of ether oxygens (including phenoxy) is 1. The van der Waals surface area contributed by atoms with Gasteiger partial charge >= 0.3 is 16.3 Å². The second kappa shape index (κ2) is 14.1. The fourth-order valence-electron chi connectivity index (χ4n) is 4.52. The van der Waals surface area contributed by atoms with E-state index < -0.39 is 58.6 Å². The van der Waals surface area contributed by atoms with Gasteiger partial charge < -0.3 is 42.1 Å². The SMILES string of the molecule is CC1C(NC(=O)/C(=N\OC(COc2ccc3c(c2)CN(C(N)=NCCCCN)C3)C(=O)O)c2csc(N)n2)C(=O)N1S(=O)(=O)O. The van der Waals surface area contributed by atoms with E-state index in [1.165, 1.54) is 12.3 Å². The Morgan fingerprint density at radius 1 is 1.27 bits per heavy atom. The highest BCUT2D eigenvalue weighted by Crippen LogP contribution is 2.27. The van der Waals surface area contributed by atoms with Crippen molar-refractivity contribution in [2.24, 2.45) is 21.6 Å². The number of carbonyl (C=O) groups excluding carboxylic acids is 2. The zero-order valence-corrected chi connectivity index (χ0v) is 25.7. The highest BCUT2D eigenvalue weighted by atomic mass is 32.2. The lowest BCUT2D eigenvalue weighted by Crippen LogP contribution is -2.71. The molecule has 3 heterocycles. The van der Waals surface area contributed by atoms with Crippen LogP contribution in [0.15, 0.2) is 33.7 Å². The normalized spacial score (nSPS) is 19.1. The molecule has 4 rings (SSSR count). The molecule has 244 valence electrons. The number of nitrogens with one attached hydrogen (secondary N) is 1. The summed E-state index contributed by atoms with van der Waals surface area (Å²) >= 11 is 0.957. The van der Waals surface area contributed by atoms with Crippen molar-refractivity contribution in [1.82, 2.24) is 19.5 Å². The third kappa shape index (κ3) is 7.95. The number of hydrogen-bond donors (Lipinski definition) is 6. The number of nitrogens with two attached hydrogens (primary N) is 3. The molecule has 1 aromatic heterocycles. The fourth-order valence-corrected chi connectivity index (χ4v) is 5.95. The van der Waals surface area contributed by atoms with Gasteiger partial charge in [0.15, 0.2) is 16.8 Å². The van der Waals surface area contributed by atoms with Gasteiger partial charge in [0, 0.05) is 25.0 Å². The Bertz CT molecular complexity index is 1610. The molecule has 3 atom stereocenters. The fraction of sp³-hybridized carbons (Fsp3) is 0.440. The Morgan fingerprint density at radius 3 is 2.62 bits per heavy atom. The molecule has 2 amide bonds. The van der Waals surface area contributed by atoms with Gasteiger partial charge in [0.1, 0.15) is 24.1 Å². The molecule has 0 aliphatic carbocycles. The number of aliphatic carboxylic acids is 1. The lowest BCUT2D eigenvalue weighted by atomic mass is 10.0. The molecule has 1 aromatic carbocycles. The summed E-state index contributed by atoms with van der Waals surface area (Å²) in [4.78, 5) is 52.7. The number of aliphatic imine (C=N–C) groups is 1. The van der Waals surface area contributed by atoms with E-state index in [1.54, 1.807) is 12.1 Å². The Kier molecular flexibility index (Phi) is 10.4. The maximum absolute atomic E-state index is 13.0. The number of benzene rings is 1. The topological polar surface area (TPSA) is 278 Å². The summed E-state index contributed by atoms with van der Waals surface area (Å²) in [5.41, 5.74) is 18.6. The van der Waals surface area contributed by atoms with E-state index in [0.29, 0.717) is 37.9 Å². The maximum Gasteiger partial charge on any atom is 0.362 e. The maximum atomic E-state index is 13.0. The van der Waals surface area contributed by atoms with E-state index in [-0.39, 0.29) is 15.1 Å². The summed E-state index contributed by atoms with van der Waals surface area (Å²) in [7, 11) is -4.82. The first-order chi connectivity index (χ1) is 21.3. The second-order valence-electron chi connectivity index (χ2n) is 10.1. The Hall–Kier alpha value is -4.53. The highest BCUT2D eigenvalue weighted by molar-refractivity contribution is 7.84. The minimum Gasteiger partial charge on any atom is -0.489 e. The summed E-state index contributed by atoms with van der Waals surface area (Å²) in [6.45, 7) is 3.00. The predicted molar refractivity (Wildman–Crippen MR) is 161 cm³/mol. The monoisotopic (exact) mass is 667 g/mol. The van der Waals surface area contributed by atoms with Gasteiger partial charge in [-0.2, -0.15) is 8.42 Å². The van der Waals surface area contributed by atoms with Crippen LogP contribution in [-0.4, -0.2) is 99.6 Å². The molecule has 20 heteroatoms. The third-order valence-corrected chi connectivity index (χ3v) is 8.59. The van der Waals surface area contributed by atoms with Crippen LogP contribution < -0.4 is 27.3 Å². The van der Waals surface area contributed by atoms with Crippen LogP contribution in [0.4, 0.5) is 5.13 Å². The van der Waals surface area contributed by atoms with Gasteiger partial charge in [-0.05, 0) is 49.6 Å². The number of aromatic nitrogens is 1.